The van der Waals surface area contributed by atoms with E-state index in [0.29, 0.717) is 6.54 Å². The minimum Gasteiger partial charge on any atom is -0.496 e. The van der Waals surface area contributed by atoms with Gasteiger partial charge < -0.3 is 15.0 Å². The summed E-state index contributed by atoms with van der Waals surface area (Å²) in [5.41, 5.74) is 9.24. The van der Waals surface area contributed by atoms with Crippen LogP contribution in [0.2, 0.25) is 0 Å². The summed E-state index contributed by atoms with van der Waals surface area (Å²) in [6.07, 6.45) is 2.11. The van der Waals surface area contributed by atoms with Crippen molar-refractivity contribution in [2.24, 2.45) is 5.73 Å². The maximum absolute atomic E-state index is 5.69. The van der Waals surface area contributed by atoms with E-state index < -0.39 is 0 Å². The fourth-order valence-corrected chi connectivity index (χ4v) is 2.53. The highest BCUT2D eigenvalue weighted by atomic mass is 16.5. The van der Waals surface area contributed by atoms with Crippen LogP contribution in [0.25, 0.3) is 10.9 Å². The van der Waals surface area contributed by atoms with E-state index in [1.165, 1.54) is 16.5 Å². The molecule has 1 aromatic heterocycles. The van der Waals surface area contributed by atoms with Gasteiger partial charge in [0, 0.05) is 23.8 Å². The summed E-state index contributed by atoms with van der Waals surface area (Å²) in [5, 5.41) is 1.22. The predicted octanol–water partition coefficient (Wildman–Crippen LogP) is 3.16. The lowest BCUT2D eigenvalue weighted by atomic mass is 10.1. The van der Waals surface area contributed by atoms with Gasteiger partial charge in [-0.15, -0.1) is 0 Å². The number of fused-ring (bicyclic) bond motifs is 1. The zero-order valence-electron chi connectivity index (χ0n) is 11.5. The molecule has 3 aromatic rings. The quantitative estimate of drug-likeness (QED) is 0.788. The van der Waals surface area contributed by atoms with E-state index in [-0.39, 0.29) is 0 Å². The Morgan fingerprint density at radius 1 is 1.10 bits per heavy atom. The molecule has 3 heteroatoms. The van der Waals surface area contributed by atoms with Gasteiger partial charge in [0.05, 0.1) is 13.7 Å². The van der Waals surface area contributed by atoms with Crippen molar-refractivity contribution in [3.8, 4) is 5.75 Å². The number of para-hydroxylation sites is 1. The fraction of sp³-hybridized carbons (Fsp3) is 0.176. The second kappa shape index (κ2) is 5.39. The molecule has 20 heavy (non-hydrogen) atoms. The number of aromatic nitrogens is 1. The Bertz CT molecular complexity index is 731. The molecule has 3 rings (SSSR count). The predicted molar refractivity (Wildman–Crippen MR) is 81.9 cm³/mol. The molecule has 0 saturated carbocycles. The fourth-order valence-electron chi connectivity index (χ4n) is 2.53. The highest BCUT2D eigenvalue weighted by Crippen LogP contribution is 2.23. The average Bonchev–Trinajstić information content (AvgIpc) is 2.90. The number of nitrogens with two attached hydrogens (primary N) is 1. The number of hydrogen-bond donors (Lipinski definition) is 1. The van der Waals surface area contributed by atoms with Gasteiger partial charge in [0.2, 0.25) is 0 Å². The molecule has 0 spiro atoms. The number of ether oxygens (including phenoxy) is 1. The lowest BCUT2D eigenvalue weighted by Gasteiger charge is -2.10. The maximum Gasteiger partial charge on any atom is 0.123 e. The molecule has 0 saturated heterocycles. The van der Waals surface area contributed by atoms with Crippen LogP contribution in [0, 0.1) is 0 Å². The first-order valence-electron chi connectivity index (χ1n) is 6.71. The second-order valence-corrected chi connectivity index (χ2v) is 4.85. The van der Waals surface area contributed by atoms with Gasteiger partial charge in [0.1, 0.15) is 5.75 Å². The number of hydrogen-bond acceptors (Lipinski definition) is 2. The number of nitrogens with zero attached hydrogens (tertiary/aromatic N) is 1. The highest BCUT2D eigenvalue weighted by molar-refractivity contribution is 5.81. The normalized spacial score (nSPS) is 10.9. The molecule has 0 fully saturated rings. The zero-order valence-corrected chi connectivity index (χ0v) is 11.5. The lowest BCUT2D eigenvalue weighted by Crippen LogP contribution is -2.01. The van der Waals surface area contributed by atoms with Crippen molar-refractivity contribution in [1.82, 2.24) is 4.57 Å². The SMILES string of the molecule is COc1ccccc1Cn1ccc2cc(CN)ccc21. The second-order valence-electron chi connectivity index (χ2n) is 4.85. The number of rotatable bonds is 4. The first kappa shape index (κ1) is 12.8. The van der Waals surface area contributed by atoms with Gasteiger partial charge in [-0.3, -0.25) is 0 Å². The van der Waals surface area contributed by atoms with Crippen LogP contribution < -0.4 is 10.5 Å². The molecule has 0 amide bonds. The third-order valence-corrected chi connectivity index (χ3v) is 3.60. The molecule has 1 heterocycles. The summed E-state index contributed by atoms with van der Waals surface area (Å²) < 4.78 is 7.64. The van der Waals surface area contributed by atoms with Gasteiger partial charge in [-0.05, 0) is 35.2 Å². The summed E-state index contributed by atoms with van der Waals surface area (Å²) in [5.74, 6) is 0.924. The minimum absolute atomic E-state index is 0.577. The van der Waals surface area contributed by atoms with Crippen LogP contribution in [-0.4, -0.2) is 11.7 Å². The van der Waals surface area contributed by atoms with E-state index >= 15 is 0 Å². The summed E-state index contributed by atoms with van der Waals surface area (Å²) in [6, 6.07) is 16.6. The van der Waals surface area contributed by atoms with Crippen molar-refractivity contribution in [3.63, 3.8) is 0 Å². The largest absolute Gasteiger partial charge is 0.496 e. The molecule has 0 aliphatic heterocycles. The van der Waals surface area contributed by atoms with Crippen molar-refractivity contribution in [1.29, 1.82) is 0 Å². The van der Waals surface area contributed by atoms with Gasteiger partial charge in [0.25, 0.3) is 0 Å². The van der Waals surface area contributed by atoms with Crippen molar-refractivity contribution in [3.05, 3.63) is 65.9 Å². The third-order valence-electron chi connectivity index (χ3n) is 3.60. The van der Waals surface area contributed by atoms with Crippen molar-refractivity contribution in [2.45, 2.75) is 13.1 Å². The van der Waals surface area contributed by atoms with E-state index in [9.17, 15) is 0 Å². The van der Waals surface area contributed by atoms with Gasteiger partial charge in [-0.25, -0.2) is 0 Å². The third kappa shape index (κ3) is 2.28. The molecule has 0 unspecified atom stereocenters. The Kier molecular flexibility index (Phi) is 3.44. The van der Waals surface area contributed by atoms with Gasteiger partial charge in [0.15, 0.2) is 0 Å². The average molecular weight is 266 g/mol. The Morgan fingerprint density at radius 2 is 1.95 bits per heavy atom. The monoisotopic (exact) mass is 266 g/mol. The van der Waals surface area contributed by atoms with Gasteiger partial charge >= 0.3 is 0 Å². The van der Waals surface area contributed by atoms with Gasteiger partial charge in [-0.2, -0.15) is 0 Å². The topological polar surface area (TPSA) is 40.2 Å². The molecule has 0 aliphatic rings. The maximum atomic E-state index is 5.69. The molecule has 2 N–H and O–H groups in total. The standard InChI is InChI=1S/C17H18N2O/c1-20-17-5-3-2-4-15(17)12-19-9-8-14-10-13(11-18)6-7-16(14)19/h2-10H,11-12,18H2,1H3. The van der Waals surface area contributed by atoms with Crippen LogP contribution in [0.1, 0.15) is 11.1 Å². The van der Waals surface area contributed by atoms with Crippen LogP contribution in [0.15, 0.2) is 54.7 Å². The lowest BCUT2D eigenvalue weighted by molar-refractivity contribution is 0.408. The van der Waals surface area contributed by atoms with E-state index in [1.54, 1.807) is 7.11 Å². The molecular weight excluding hydrogens is 248 g/mol. The van der Waals surface area contributed by atoms with Gasteiger partial charge in [-0.1, -0.05) is 24.3 Å². The van der Waals surface area contributed by atoms with Crippen LogP contribution in [0.3, 0.4) is 0 Å². The molecule has 0 bridgehead atoms. The van der Waals surface area contributed by atoms with Crippen LogP contribution in [0.5, 0.6) is 5.75 Å². The van der Waals surface area contributed by atoms with Crippen LogP contribution >= 0.6 is 0 Å². The Balaban J connectivity index is 1.99. The van der Waals surface area contributed by atoms with Crippen molar-refractivity contribution in [2.75, 3.05) is 7.11 Å². The summed E-state index contributed by atoms with van der Waals surface area (Å²) in [7, 11) is 1.71. The Hall–Kier alpha value is -2.26. The van der Waals surface area contributed by atoms with E-state index in [0.717, 1.165) is 17.9 Å². The molecular formula is C17H18N2O. The number of benzene rings is 2. The van der Waals surface area contributed by atoms with Crippen molar-refractivity contribution >= 4 is 10.9 Å². The van der Waals surface area contributed by atoms with E-state index in [1.807, 2.05) is 18.2 Å². The molecule has 0 radical (unpaired) electrons. The van der Waals surface area contributed by atoms with Crippen molar-refractivity contribution < 1.29 is 4.74 Å². The molecule has 0 aliphatic carbocycles. The Labute approximate surface area is 118 Å². The first-order valence-corrected chi connectivity index (χ1v) is 6.71. The highest BCUT2D eigenvalue weighted by Gasteiger charge is 2.06. The minimum atomic E-state index is 0.577. The van der Waals surface area contributed by atoms with E-state index in [2.05, 4.69) is 41.1 Å². The molecule has 3 nitrogen and oxygen atoms in total. The first-order chi connectivity index (χ1) is 9.81. The summed E-state index contributed by atoms with van der Waals surface area (Å²) >= 11 is 0. The van der Waals surface area contributed by atoms with Crippen LogP contribution in [-0.2, 0) is 13.1 Å². The number of methoxy groups -OCH3 is 1. The Morgan fingerprint density at radius 3 is 2.75 bits per heavy atom. The molecule has 2 aromatic carbocycles. The summed E-state index contributed by atoms with van der Waals surface area (Å²) in [4.78, 5) is 0. The zero-order chi connectivity index (χ0) is 13.9. The molecule has 0 atom stereocenters. The van der Waals surface area contributed by atoms with Crippen LogP contribution in [0.4, 0.5) is 0 Å². The smallest absolute Gasteiger partial charge is 0.123 e. The molecule has 102 valence electrons. The van der Waals surface area contributed by atoms with E-state index in [4.69, 9.17) is 10.5 Å². The summed E-state index contributed by atoms with van der Waals surface area (Å²) in [6.45, 7) is 1.38.